The number of amides is 2. The summed E-state index contributed by atoms with van der Waals surface area (Å²) in [5.74, 6) is 0.555. The van der Waals surface area contributed by atoms with E-state index in [0.717, 1.165) is 22.1 Å². The third kappa shape index (κ3) is 4.75. The summed E-state index contributed by atoms with van der Waals surface area (Å²) in [6.07, 6.45) is -0.192. The summed E-state index contributed by atoms with van der Waals surface area (Å²) in [4.78, 5) is 27.0. The molecule has 0 saturated carbocycles. The van der Waals surface area contributed by atoms with Crippen molar-refractivity contribution in [2.24, 2.45) is 5.92 Å². The molecule has 0 aromatic heterocycles. The molecule has 1 N–H and O–H groups in total. The van der Waals surface area contributed by atoms with Crippen LogP contribution < -0.4 is 10.1 Å². The molecule has 0 spiro atoms. The largest absolute Gasteiger partial charge is 0.497 e. The fourth-order valence-electron chi connectivity index (χ4n) is 3.80. The van der Waals surface area contributed by atoms with Crippen molar-refractivity contribution in [2.75, 3.05) is 32.1 Å². The van der Waals surface area contributed by atoms with Crippen LogP contribution in [0.3, 0.4) is 0 Å². The van der Waals surface area contributed by atoms with Crippen molar-refractivity contribution in [1.29, 1.82) is 0 Å². The highest BCUT2D eigenvalue weighted by Gasteiger charge is 2.26. The molecule has 32 heavy (non-hydrogen) atoms. The summed E-state index contributed by atoms with van der Waals surface area (Å²) < 4.78 is 11.3. The van der Waals surface area contributed by atoms with E-state index < -0.39 is 0 Å². The molecule has 6 heteroatoms. The number of hydrogen-bond acceptors (Lipinski definition) is 4. The first-order valence-corrected chi connectivity index (χ1v) is 10.8. The van der Waals surface area contributed by atoms with Gasteiger partial charge in [0.25, 0.3) is 5.91 Å². The maximum absolute atomic E-state index is 13.2. The van der Waals surface area contributed by atoms with Crippen LogP contribution in [0.5, 0.6) is 5.75 Å². The minimum atomic E-state index is -0.192. The number of rotatable bonds is 5. The fraction of sp³-hybridized carbons (Fsp3) is 0.308. The third-order valence-corrected chi connectivity index (χ3v) is 5.70. The van der Waals surface area contributed by atoms with Gasteiger partial charge in [-0.05, 0) is 52.7 Å². The van der Waals surface area contributed by atoms with Crippen LogP contribution in [0.15, 0.2) is 60.7 Å². The van der Waals surface area contributed by atoms with Crippen LogP contribution in [0.1, 0.15) is 35.9 Å². The summed E-state index contributed by atoms with van der Waals surface area (Å²) in [5, 5.41) is 5.05. The molecule has 0 radical (unpaired) electrons. The number of morpholine rings is 1. The van der Waals surface area contributed by atoms with Crippen LogP contribution >= 0.6 is 0 Å². The van der Waals surface area contributed by atoms with Gasteiger partial charge in [-0.3, -0.25) is 9.59 Å². The van der Waals surface area contributed by atoms with Gasteiger partial charge in [0, 0.05) is 23.7 Å². The summed E-state index contributed by atoms with van der Waals surface area (Å²) in [7, 11) is 1.66. The van der Waals surface area contributed by atoms with Gasteiger partial charge in [-0.15, -0.1) is 0 Å². The number of nitrogens with zero attached hydrogens (tertiary/aromatic N) is 1. The predicted octanol–water partition coefficient (Wildman–Crippen LogP) is 4.66. The standard InChI is InChI=1S/C26H28N2O4/c1-17(2)25(29)27-22-6-4-5-21(14-22)26(30)28-11-12-32-24(16-28)20-8-7-19-15-23(31-3)10-9-18(19)13-20/h4-10,13-15,17,24H,11-12,16H2,1-3H3,(H,27,29). The molecule has 166 valence electrons. The van der Waals surface area contributed by atoms with E-state index in [4.69, 9.17) is 9.47 Å². The highest BCUT2D eigenvalue weighted by molar-refractivity contribution is 5.97. The van der Waals surface area contributed by atoms with Gasteiger partial charge >= 0.3 is 0 Å². The number of nitrogens with one attached hydrogen (secondary N) is 1. The van der Waals surface area contributed by atoms with Gasteiger partial charge in [-0.25, -0.2) is 0 Å². The van der Waals surface area contributed by atoms with Crippen LogP contribution in [-0.4, -0.2) is 43.5 Å². The average molecular weight is 433 g/mol. The first-order valence-electron chi connectivity index (χ1n) is 10.8. The molecule has 1 saturated heterocycles. The molecule has 3 aromatic rings. The Balaban J connectivity index is 1.50. The summed E-state index contributed by atoms with van der Waals surface area (Å²) in [5.41, 5.74) is 2.22. The first kappa shape index (κ1) is 21.8. The van der Waals surface area contributed by atoms with E-state index in [-0.39, 0.29) is 23.8 Å². The lowest BCUT2D eigenvalue weighted by molar-refractivity contribution is -0.118. The second kappa shape index (κ2) is 9.40. The zero-order valence-electron chi connectivity index (χ0n) is 18.6. The maximum Gasteiger partial charge on any atom is 0.254 e. The molecule has 1 fully saturated rings. The van der Waals surface area contributed by atoms with Crippen LogP contribution in [0.4, 0.5) is 5.69 Å². The van der Waals surface area contributed by atoms with Crippen molar-refractivity contribution in [3.05, 3.63) is 71.8 Å². The molecule has 1 aliphatic heterocycles. The quantitative estimate of drug-likeness (QED) is 0.637. The lowest BCUT2D eigenvalue weighted by Crippen LogP contribution is -2.42. The van der Waals surface area contributed by atoms with Crippen molar-refractivity contribution in [3.8, 4) is 5.75 Å². The van der Waals surface area contributed by atoms with Crippen molar-refractivity contribution in [3.63, 3.8) is 0 Å². The highest BCUT2D eigenvalue weighted by Crippen LogP contribution is 2.28. The molecule has 1 unspecified atom stereocenters. The highest BCUT2D eigenvalue weighted by atomic mass is 16.5. The zero-order chi connectivity index (χ0) is 22.7. The number of fused-ring (bicyclic) bond motifs is 1. The Morgan fingerprint density at radius 3 is 2.62 bits per heavy atom. The van der Waals surface area contributed by atoms with E-state index in [0.29, 0.717) is 30.9 Å². The van der Waals surface area contributed by atoms with E-state index >= 15 is 0 Å². The number of anilines is 1. The van der Waals surface area contributed by atoms with Crippen LogP contribution in [0, 0.1) is 5.92 Å². The molecule has 4 rings (SSSR count). The molecular weight excluding hydrogens is 404 g/mol. The van der Waals surface area contributed by atoms with Crippen molar-refractivity contribution in [2.45, 2.75) is 20.0 Å². The van der Waals surface area contributed by atoms with Gasteiger partial charge < -0.3 is 19.7 Å². The van der Waals surface area contributed by atoms with Crippen molar-refractivity contribution >= 4 is 28.3 Å². The molecule has 1 heterocycles. The molecule has 3 aromatic carbocycles. The molecule has 2 amide bonds. The Morgan fingerprint density at radius 2 is 1.84 bits per heavy atom. The van der Waals surface area contributed by atoms with Crippen LogP contribution in [-0.2, 0) is 9.53 Å². The lowest BCUT2D eigenvalue weighted by atomic mass is 10.0. The number of methoxy groups -OCH3 is 1. The predicted molar refractivity (Wildman–Crippen MR) is 125 cm³/mol. The number of hydrogen-bond donors (Lipinski definition) is 1. The van der Waals surface area contributed by atoms with E-state index in [2.05, 4.69) is 17.4 Å². The van der Waals surface area contributed by atoms with Gasteiger partial charge in [-0.1, -0.05) is 38.1 Å². The lowest BCUT2D eigenvalue weighted by Gasteiger charge is -2.33. The Morgan fingerprint density at radius 1 is 1.06 bits per heavy atom. The molecule has 0 bridgehead atoms. The van der Waals surface area contributed by atoms with Gasteiger partial charge in [0.2, 0.25) is 5.91 Å². The monoisotopic (exact) mass is 432 g/mol. The summed E-state index contributed by atoms with van der Waals surface area (Å²) in [6.45, 7) is 5.15. The van der Waals surface area contributed by atoms with Gasteiger partial charge in [0.15, 0.2) is 0 Å². The first-order chi connectivity index (χ1) is 15.4. The number of carbonyl (C=O) groups is 2. The normalized spacial score (nSPS) is 16.2. The van der Waals surface area contributed by atoms with Gasteiger partial charge in [-0.2, -0.15) is 0 Å². The fourth-order valence-corrected chi connectivity index (χ4v) is 3.80. The smallest absolute Gasteiger partial charge is 0.254 e. The van der Waals surface area contributed by atoms with Crippen LogP contribution in [0.25, 0.3) is 10.8 Å². The molecule has 1 atom stereocenters. The Hall–Kier alpha value is -3.38. The molecule has 6 nitrogen and oxygen atoms in total. The molecule has 0 aliphatic carbocycles. The van der Waals surface area contributed by atoms with E-state index in [1.807, 2.05) is 43.0 Å². The minimum Gasteiger partial charge on any atom is -0.497 e. The van der Waals surface area contributed by atoms with E-state index in [9.17, 15) is 9.59 Å². The number of carbonyl (C=O) groups excluding carboxylic acids is 2. The Kier molecular flexibility index (Phi) is 6.42. The zero-order valence-corrected chi connectivity index (χ0v) is 18.6. The van der Waals surface area contributed by atoms with Gasteiger partial charge in [0.1, 0.15) is 11.9 Å². The maximum atomic E-state index is 13.2. The average Bonchev–Trinajstić information content (AvgIpc) is 2.83. The molecular formula is C26H28N2O4. The third-order valence-electron chi connectivity index (χ3n) is 5.70. The van der Waals surface area contributed by atoms with Gasteiger partial charge in [0.05, 0.1) is 20.3 Å². The summed E-state index contributed by atoms with van der Waals surface area (Å²) in [6, 6.07) is 19.3. The SMILES string of the molecule is COc1ccc2cc(C3CN(C(=O)c4cccc(NC(=O)C(C)C)c4)CCO3)ccc2c1. The Bertz CT molecular complexity index is 1140. The number of ether oxygens (including phenoxy) is 2. The second-order valence-corrected chi connectivity index (χ2v) is 8.31. The van der Waals surface area contributed by atoms with Crippen molar-refractivity contribution in [1.82, 2.24) is 4.90 Å². The summed E-state index contributed by atoms with van der Waals surface area (Å²) >= 11 is 0. The van der Waals surface area contributed by atoms with E-state index in [1.54, 1.807) is 31.4 Å². The minimum absolute atomic E-state index is 0.0653. The van der Waals surface area contributed by atoms with Crippen LogP contribution in [0.2, 0.25) is 0 Å². The van der Waals surface area contributed by atoms with E-state index in [1.165, 1.54) is 0 Å². The second-order valence-electron chi connectivity index (χ2n) is 8.31. The molecule has 1 aliphatic rings. The topological polar surface area (TPSA) is 67.9 Å². The Labute approximate surface area is 188 Å². The van der Waals surface area contributed by atoms with Crippen molar-refractivity contribution < 1.29 is 19.1 Å². The number of benzene rings is 3.